The van der Waals surface area contributed by atoms with Crippen LogP contribution in [0.15, 0.2) is 60.7 Å². The molecule has 2 aromatic rings. The lowest BCUT2D eigenvalue weighted by atomic mass is 10.0. The predicted octanol–water partition coefficient (Wildman–Crippen LogP) is -0.513. The molecule has 37 heavy (non-hydrogen) atoms. The zero-order valence-electron chi connectivity index (χ0n) is 20.5. The van der Waals surface area contributed by atoms with Crippen LogP contribution in [-0.2, 0) is 25.6 Å². The Kier molecular flexibility index (Phi) is 11.7. The molecule has 0 unspecified atom stereocenters. The molecular formula is C26H34N6O5. The predicted molar refractivity (Wildman–Crippen MR) is 138 cm³/mol. The molecule has 2 rings (SSSR count). The van der Waals surface area contributed by atoms with Crippen molar-refractivity contribution in [2.45, 2.75) is 50.2 Å². The van der Waals surface area contributed by atoms with Crippen LogP contribution in [0.5, 0.6) is 0 Å². The van der Waals surface area contributed by atoms with Crippen LogP contribution in [0, 0.1) is 0 Å². The molecule has 0 radical (unpaired) electrons. The zero-order valence-corrected chi connectivity index (χ0v) is 20.5. The third kappa shape index (κ3) is 10.1. The summed E-state index contributed by atoms with van der Waals surface area (Å²) in [6.45, 7) is 0.387. The number of nitrogens with two attached hydrogens (primary N) is 3. The largest absolute Gasteiger partial charge is 0.370 e. The molecular weight excluding hydrogens is 476 g/mol. The van der Waals surface area contributed by atoms with Gasteiger partial charge in [-0.2, -0.15) is 0 Å². The monoisotopic (exact) mass is 510 g/mol. The lowest BCUT2D eigenvalue weighted by Gasteiger charge is -2.25. The maximum absolute atomic E-state index is 13.4. The van der Waals surface area contributed by atoms with Crippen LogP contribution >= 0.6 is 0 Å². The Balaban J connectivity index is 2.23. The summed E-state index contributed by atoms with van der Waals surface area (Å²) in [5, 5.41) is 7.80. The number of rotatable bonds is 15. The molecule has 2 aromatic carbocycles. The van der Waals surface area contributed by atoms with Gasteiger partial charge in [-0.1, -0.05) is 48.5 Å². The first-order valence-corrected chi connectivity index (χ1v) is 12.0. The molecule has 5 amide bonds. The number of primary amides is 2. The minimum Gasteiger partial charge on any atom is -0.370 e. The highest BCUT2D eigenvalue weighted by atomic mass is 16.2. The summed E-state index contributed by atoms with van der Waals surface area (Å²) in [5.41, 5.74) is 17.2. The highest BCUT2D eigenvalue weighted by Crippen LogP contribution is 2.08. The van der Waals surface area contributed by atoms with Crippen LogP contribution in [-0.4, -0.2) is 54.2 Å². The summed E-state index contributed by atoms with van der Waals surface area (Å²) >= 11 is 0. The Morgan fingerprint density at radius 3 is 1.84 bits per heavy atom. The van der Waals surface area contributed by atoms with E-state index in [1.807, 2.05) is 30.3 Å². The van der Waals surface area contributed by atoms with Gasteiger partial charge >= 0.3 is 0 Å². The molecule has 198 valence electrons. The lowest BCUT2D eigenvalue weighted by Crippen LogP contribution is -2.57. The van der Waals surface area contributed by atoms with E-state index in [2.05, 4.69) is 16.0 Å². The second-order valence-corrected chi connectivity index (χ2v) is 8.56. The van der Waals surface area contributed by atoms with Crippen molar-refractivity contribution in [1.29, 1.82) is 0 Å². The van der Waals surface area contributed by atoms with E-state index < -0.39 is 54.1 Å². The number of carbonyl (C=O) groups excluding carboxylic acids is 5. The van der Waals surface area contributed by atoms with Crippen LogP contribution in [0.2, 0.25) is 0 Å². The van der Waals surface area contributed by atoms with Crippen molar-refractivity contribution in [1.82, 2.24) is 16.0 Å². The topological polar surface area (TPSA) is 200 Å². The zero-order chi connectivity index (χ0) is 27.2. The van der Waals surface area contributed by atoms with Crippen LogP contribution in [0.3, 0.4) is 0 Å². The molecule has 0 fully saturated rings. The Labute approximate surface area is 215 Å². The van der Waals surface area contributed by atoms with Crippen molar-refractivity contribution in [2.75, 3.05) is 6.54 Å². The number of hydrogen-bond donors (Lipinski definition) is 6. The van der Waals surface area contributed by atoms with Gasteiger partial charge in [-0.3, -0.25) is 24.0 Å². The van der Waals surface area contributed by atoms with Gasteiger partial charge in [0.25, 0.3) is 5.91 Å². The molecule has 0 spiro atoms. The quantitative estimate of drug-likeness (QED) is 0.174. The molecule has 9 N–H and O–H groups in total. The van der Waals surface area contributed by atoms with E-state index in [1.54, 1.807) is 30.3 Å². The number of carbonyl (C=O) groups is 5. The number of amides is 5. The van der Waals surface area contributed by atoms with Crippen molar-refractivity contribution >= 4 is 29.5 Å². The molecule has 3 atom stereocenters. The summed E-state index contributed by atoms with van der Waals surface area (Å²) in [7, 11) is 0. The summed E-state index contributed by atoms with van der Waals surface area (Å²) in [5.74, 6) is -3.50. The third-order valence-corrected chi connectivity index (χ3v) is 5.59. The van der Waals surface area contributed by atoms with E-state index in [-0.39, 0.29) is 12.8 Å². The van der Waals surface area contributed by atoms with Crippen LogP contribution in [0.4, 0.5) is 0 Å². The SMILES string of the molecule is NCCCC[C@H](NC(=O)[C@H](Cc1ccccc1)NC(=O)c1ccccc1)C(=O)N[C@@H](CC(N)=O)C(N)=O. The first kappa shape index (κ1) is 29.0. The maximum atomic E-state index is 13.4. The van der Waals surface area contributed by atoms with E-state index in [1.165, 1.54) is 0 Å². The maximum Gasteiger partial charge on any atom is 0.251 e. The van der Waals surface area contributed by atoms with Crippen LogP contribution in [0.25, 0.3) is 0 Å². The minimum absolute atomic E-state index is 0.175. The molecule has 0 saturated carbocycles. The van der Waals surface area contributed by atoms with Gasteiger partial charge in [0.1, 0.15) is 18.1 Å². The van der Waals surface area contributed by atoms with Crippen LogP contribution < -0.4 is 33.2 Å². The first-order valence-electron chi connectivity index (χ1n) is 12.0. The lowest BCUT2D eigenvalue weighted by molar-refractivity contribution is -0.133. The van der Waals surface area contributed by atoms with Gasteiger partial charge in [-0.05, 0) is 43.5 Å². The molecule has 0 aliphatic rings. The Morgan fingerprint density at radius 1 is 0.703 bits per heavy atom. The second-order valence-electron chi connectivity index (χ2n) is 8.56. The molecule has 0 aliphatic heterocycles. The Morgan fingerprint density at radius 2 is 1.27 bits per heavy atom. The van der Waals surface area contributed by atoms with Gasteiger partial charge in [0.05, 0.1) is 6.42 Å². The molecule has 11 nitrogen and oxygen atoms in total. The third-order valence-electron chi connectivity index (χ3n) is 5.59. The van der Waals surface area contributed by atoms with E-state index in [0.29, 0.717) is 24.9 Å². The number of hydrogen-bond acceptors (Lipinski definition) is 6. The molecule has 0 saturated heterocycles. The number of unbranched alkanes of at least 4 members (excludes halogenated alkanes) is 1. The number of benzene rings is 2. The second kappa shape index (κ2) is 15.0. The summed E-state index contributed by atoms with van der Waals surface area (Å²) in [6, 6.07) is 14.1. The standard InChI is InChI=1S/C26H34N6O5/c27-14-8-7-13-19(25(36)31-20(23(29)34)16-22(28)33)30-26(37)21(15-17-9-3-1-4-10-17)32-24(35)18-11-5-2-6-12-18/h1-6,9-12,19-21H,7-8,13-16,27H2,(H2,28,33)(H2,29,34)(H,30,37)(H,31,36)(H,32,35)/t19-,20-,21-/m0/s1. The normalized spacial score (nSPS) is 13.0. The smallest absolute Gasteiger partial charge is 0.251 e. The first-order chi connectivity index (χ1) is 17.7. The molecule has 0 bridgehead atoms. The van der Waals surface area contributed by atoms with Gasteiger partial charge in [0, 0.05) is 12.0 Å². The summed E-state index contributed by atoms with van der Waals surface area (Å²) in [6.07, 6.45) is 1.01. The summed E-state index contributed by atoms with van der Waals surface area (Å²) < 4.78 is 0. The van der Waals surface area contributed by atoms with Crippen molar-refractivity contribution < 1.29 is 24.0 Å². The van der Waals surface area contributed by atoms with Gasteiger partial charge in [-0.25, -0.2) is 0 Å². The summed E-state index contributed by atoms with van der Waals surface area (Å²) in [4.78, 5) is 62.1. The average Bonchev–Trinajstić information content (AvgIpc) is 2.88. The van der Waals surface area contributed by atoms with Crippen molar-refractivity contribution in [3.8, 4) is 0 Å². The average molecular weight is 511 g/mol. The fraction of sp³-hybridized carbons (Fsp3) is 0.346. The van der Waals surface area contributed by atoms with Crippen molar-refractivity contribution in [2.24, 2.45) is 17.2 Å². The molecule has 11 heteroatoms. The van der Waals surface area contributed by atoms with E-state index in [0.717, 1.165) is 5.56 Å². The fourth-order valence-corrected chi connectivity index (χ4v) is 3.62. The van der Waals surface area contributed by atoms with Gasteiger partial charge in [0.15, 0.2) is 0 Å². The molecule has 0 heterocycles. The Hall–Kier alpha value is -4.25. The van der Waals surface area contributed by atoms with Gasteiger partial charge in [0.2, 0.25) is 23.6 Å². The van der Waals surface area contributed by atoms with Gasteiger partial charge < -0.3 is 33.2 Å². The molecule has 0 aromatic heterocycles. The van der Waals surface area contributed by atoms with Crippen molar-refractivity contribution in [3.63, 3.8) is 0 Å². The minimum atomic E-state index is -1.32. The number of nitrogens with one attached hydrogen (secondary N) is 3. The Bertz CT molecular complexity index is 1060. The van der Waals surface area contributed by atoms with Gasteiger partial charge in [-0.15, -0.1) is 0 Å². The highest BCUT2D eigenvalue weighted by molar-refractivity contribution is 5.99. The van der Waals surface area contributed by atoms with E-state index in [4.69, 9.17) is 17.2 Å². The van der Waals surface area contributed by atoms with E-state index in [9.17, 15) is 24.0 Å². The molecule has 0 aliphatic carbocycles. The fourth-order valence-electron chi connectivity index (χ4n) is 3.62. The van der Waals surface area contributed by atoms with Crippen LogP contribution in [0.1, 0.15) is 41.6 Å². The highest BCUT2D eigenvalue weighted by Gasteiger charge is 2.29. The van der Waals surface area contributed by atoms with Crippen molar-refractivity contribution in [3.05, 3.63) is 71.8 Å². The van der Waals surface area contributed by atoms with E-state index >= 15 is 0 Å².